The molecule has 2 aromatic carbocycles. The number of rotatable bonds is 2. The third kappa shape index (κ3) is 1.99. The first-order valence-corrected chi connectivity index (χ1v) is 6.00. The number of aromatic nitrogens is 2. The zero-order chi connectivity index (χ0) is 13.4. The molecule has 5 heteroatoms. The summed E-state index contributed by atoms with van der Waals surface area (Å²) in [4.78, 5) is 0. The number of anilines is 3. The zero-order valence-electron chi connectivity index (χ0n) is 10.8. The van der Waals surface area contributed by atoms with Crippen LogP contribution < -0.4 is 11.1 Å². The number of nitrogens with zero attached hydrogens (tertiary/aromatic N) is 2. The quantitative estimate of drug-likeness (QED) is 0.687. The first-order valence-electron chi connectivity index (χ1n) is 6.00. The Balaban J connectivity index is 2.03. The molecule has 96 valence electrons. The van der Waals surface area contributed by atoms with E-state index in [-0.39, 0.29) is 0 Å². The molecule has 0 aliphatic carbocycles. The van der Waals surface area contributed by atoms with Crippen molar-refractivity contribution >= 4 is 28.1 Å². The van der Waals surface area contributed by atoms with Gasteiger partial charge in [0.25, 0.3) is 0 Å². The summed E-state index contributed by atoms with van der Waals surface area (Å²) in [5, 5.41) is 11.0. The molecule has 0 radical (unpaired) electrons. The van der Waals surface area contributed by atoms with E-state index in [0.717, 1.165) is 11.4 Å². The number of fused-ring (bicyclic) bond motifs is 1. The molecule has 1 heterocycles. The number of nitrogen functional groups attached to an aromatic ring is 1. The van der Waals surface area contributed by atoms with E-state index in [1.54, 1.807) is 6.07 Å². The van der Waals surface area contributed by atoms with Crippen LogP contribution in [0.5, 0.6) is 0 Å². The minimum Gasteiger partial charge on any atom is -0.397 e. The van der Waals surface area contributed by atoms with Crippen LogP contribution in [0.1, 0.15) is 11.1 Å². The van der Waals surface area contributed by atoms with E-state index in [0.29, 0.717) is 16.7 Å². The van der Waals surface area contributed by atoms with Crippen LogP contribution in [0.25, 0.3) is 11.0 Å². The Hall–Kier alpha value is -2.56. The molecule has 0 spiro atoms. The Labute approximate surface area is 110 Å². The van der Waals surface area contributed by atoms with E-state index in [1.165, 1.54) is 11.1 Å². The number of nitrogens with two attached hydrogens (primary N) is 1. The van der Waals surface area contributed by atoms with Gasteiger partial charge in [0.05, 0.1) is 11.4 Å². The largest absolute Gasteiger partial charge is 0.397 e. The average molecular weight is 254 g/mol. The van der Waals surface area contributed by atoms with Crippen LogP contribution in [0.2, 0.25) is 0 Å². The molecule has 0 fully saturated rings. The van der Waals surface area contributed by atoms with Gasteiger partial charge in [0.15, 0.2) is 11.0 Å². The Morgan fingerprint density at radius 1 is 1.00 bits per heavy atom. The molecule has 3 aromatic rings. The molecule has 0 bridgehead atoms. The van der Waals surface area contributed by atoms with Gasteiger partial charge in [-0.2, -0.15) is 0 Å². The monoisotopic (exact) mass is 254 g/mol. The molecule has 0 atom stereocenters. The number of hydrogen-bond donors (Lipinski definition) is 2. The molecule has 0 aliphatic heterocycles. The topological polar surface area (TPSA) is 77.0 Å². The summed E-state index contributed by atoms with van der Waals surface area (Å²) < 4.78 is 4.75. The Morgan fingerprint density at radius 3 is 2.58 bits per heavy atom. The molecule has 5 nitrogen and oxygen atoms in total. The van der Waals surface area contributed by atoms with Gasteiger partial charge in [0.1, 0.15) is 0 Å². The van der Waals surface area contributed by atoms with Crippen molar-refractivity contribution in [1.82, 2.24) is 10.3 Å². The first-order chi connectivity index (χ1) is 9.15. The zero-order valence-corrected chi connectivity index (χ0v) is 10.8. The lowest BCUT2D eigenvalue weighted by Gasteiger charge is -2.09. The van der Waals surface area contributed by atoms with Gasteiger partial charge in [-0.3, -0.25) is 0 Å². The van der Waals surface area contributed by atoms with Crippen molar-refractivity contribution in [3.8, 4) is 0 Å². The minimum atomic E-state index is 0.557. The lowest BCUT2D eigenvalue weighted by Crippen LogP contribution is -1.95. The Bertz CT molecular complexity index is 748. The Kier molecular flexibility index (Phi) is 2.59. The Morgan fingerprint density at radius 2 is 1.79 bits per heavy atom. The summed E-state index contributed by atoms with van der Waals surface area (Å²) in [6.07, 6.45) is 0. The second kappa shape index (κ2) is 4.28. The summed E-state index contributed by atoms with van der Waals surface area (Å²) in [6, 6.07) is 9.85. The van der Waals surface area contributed by atoms with Crippen LogP contribution in [0, 0.1) is 13.8 Å². The average Bonchev–Trinajstić information content (AvgIpc) is 2.87. The highest BCUT2D eigenvalue weighted by Crippen LogP contribution is 2.28. The van der Waals surface area contributed by atoms with Gasteiger partial charge in [-0.05, 0) is 59.6 Å². The molecule has 0 aliphatic rings. The summed E-state index contributed by atoms with van der Waals surface area (Å²) >= 11 is 0. The normalized spacial score (nSPS) is 10.8. The van der Waals surface area contributed by atoms with Gasteiger partial charge in [-0.15, -0.1) is 0 Å². The standard InChI is InChI=1S/C14H14N4O/c1-8-3-4-10(7-9(8)2)16-12-6-5-11(15)13-14(12)18-19-17-13/h3-7,16H,15H2,1-2H3. The molecule has 3 N–H and O–H groups in total. The maximum atomic E-state index is 5.82. The fraction of sp³-hybridized carbons (Fsp3) is 0.143. The molecule has 0 unspecified atom stereocenters. The van der Waals surface area contributed by atoms with Gasteiger partial charge in [-0.1, -0.05) is 6.07 Å². The van der Waals surface area contributed by atoms with Crippen molar-refractivity contribution in [2.24, 2.45) is 0 Å². The lowest BCUT2D eigenvalue weighted by atomic mass is 10.1. The van der Waals surface area contributed by atoms with E-state index in [2.05, 4.69) is 41.6 Å². The highest BCUT2D eigenvalue weighted by atomic mass is 16.6. The SMILES string of the molecule is Cc1ccc(Nc2ccc(N)c3nonc23)cc1C. The predicted octanol–water partition coefficient (Wildman–Crippen LogP) is 3.17. The third-order valence-electron chi connectivity index (χ3n) is 3.23. The van der Waals surface area contributed by atoms with Crippen molar-refractivity contribution in [3.05, 3.63) is 41.5 Å². The van der Waals surface area contributed by atoms with Crippen molar-refractivity contribution in [3.63, 3.8) is 0 Å². The molecular weight excluding hydrogens is 240 g/mol. The lowest BCUT2D eigenvalue weighted by molar-refractivity contribution is 0.316. The van der Waals surface area contributed by atoms with Crippen molar-refractivity contribution in [2.45, 2.75) is 13.8 Å². The van der Waals surface area contributed by atoms with Crippen LogP contribution in [0.4, 0.5) is 17.1 Å². The van der Waals surface area contributed by atoms with E-state index >= 15 is 0 Å². The van der Waals surface area contributed by atoms with Crippen LogP contribution >= 0.6 is 0 Å². The van der Waals surface area contributed by atoms with E-state index in [1.807, 2.05) is 12.1 Å². The van der Waals surface area contributed by atoms with Crippen molar-refractivity contribution in [2.75, 3.05) is 11.1 Å². The summed E-state index contributed by atoms with van der Waals surface area (Å²) in [5.41, 5.74) is 11.9. The molecule has 0 saturated heterocycles. The molecule has 0 saturated carbocycles. The molecular formula is C14H14N4O. The predicted molar refractivity (Wildman–Crippen MR) is 75.4 cm³/mol. The number of nitrogens with one attached hydrogen (secondary N) is 1. The second-order valence-corrected chi connectivity index (χ2v) is 4.59. The highest BCUT2D eigenvalue weighted by molar-refractivity contribution is 5.96. The number of benzene rings is 2. The van der Waals surface area contributed by atoms with Crippen molar-refractivity contribution in [1.29, 1.82) is 0 Å². The van der Waals surface area contributed by atoms with Crippen LogP contribution in [0.3, 0.4) is 0 Å². The maximum absolute atomic E-state index is 5.82. The fourth-order valence-electron chi connectivity index (χ4n) is 1.96. The van der Waals surface area contributed by atoms with E-state index < -0.39 is 0 Å². The molecule has 0 amide bonds. The second-order valence-electron chi connectivity index (χ2n) is 4.59. The van der Waals surface area contributed by atoms with Gasteiger partial charge in [0.2, 0.25) is 0 Å². The van der Waals surface area contributed by atoms with Gasteiger partial charge >= 0.3 is 0 Å². The van der Waals surface area contributed by atoms with Crippen LogP contribution in [0.15, 0.2) is 35.0 Å². The first kappa shape index (κ1) is 11.5. The van der Waals surface area contributed by atoms with Gasteiger partial charge in [0, 0.05) is 5.69 Å². The van der Waals surface area contributed by atoms with Gasteiger partial charge in [-0.25, -0.2) is 4.63 Å². The summed E-state index contributed by atoms with van der Waals surface area (Å²) in [5.74, 6) is 0. The molecule has 1 aromatic heterocycles. The smallest absolute Gasteiger partial charge is 0.160 e. The minimum absolute atomic E-state index is 0.557. The maximum Gasteiger partial charge on any atom is 0.160 e. The summed E-state index contributed by atoms with van der Waals surface area (Å²) in [6.45, 7) is 4.17. The van der Waals surface area contributed by atoms with E-state index in [9.17, 15) is 0 Å². The third-order valence-corrected chi connectivity index (χ3v) is 3.23. The summed E-state index contributed by atoms with van der Waals surface area (Å²) in [7, 11) is 0. The van der Waals surface area contributed by atoms with Crippen LogP contribution in [-0.4, -0.2) is 10.3 Å². The van der Waals surface area contributed by atoms with Gasteiger partial charge < -0.3 is 11.1 Å². The number of hydrogen-bond acceptors (Lipinski definition) is 5. The van der Waals surface area contributed by atoms with Crippen molar-refractivity contribution < 1.29 is 4.63 Å². The highest BCUT2D eigenvalue weighted by Gasteiger charge is 2.10. The van der Waals surface area contributed by atoms with Crippen LogP contribution in [-0.2, 0) is 0 Å². The number of aryl methyl sites for hydroxylation is 2. The van der Waals surface area contributed by atoms with E-state index in [4.69, 9.17) is 10.4 Å². The molecule has 3 rings (SSSR count). The molecule has 19 heavy (non-hydrogen) atoms. The fourth-order valence-corrected chi connectivity index (χ4v) is 1.96.